The molecule has 25 heavy (non-hydrogen) atoms. The molecule has 4 saturated carbocycles. The van der Waals surface area contributed by atoms with E-state index in [-0.39, 0.29) is 41.5 Å². The Labute approximate surface area is 151 Å². The van der Waals surface area contributed by atoms with Crippen LogP contribution in [-0.4, -0.2) is 44.8 Å². The van der Waals surface area contributed by atoms with Crippen molar-refractivity contribution < 1.29 is 20.4 Å². The van der Waals surface area contributed by atoms with Gasteiger partial charge in [0.1, 0.15) is 0 Å². The quantitative estimate of drug-likeness (QED) is 0.615. The lowest BCUT2D eigenvalue weighted by atomic mass is 9.43. The first-order valence-corrected chi connectivity index (χ1v) is 10.5. The van der Waals surface area contributed by atoms with Gasteiger partial charge in [-0.1, -0.05) is 6.92 Å². The molecule has 0 spiro atoms. The molecule has 0 saturated heterocycles. The largest absolute Gasteiger partial charge is 0.396 e. The van der Waals surface area contributed by atoms with E-state index in [1.807, 2.05) is 6.92 Å². The molecular weight excluding hydrogens is 316 g/mol. The van der Waals surface area contributed by atoms with Gasteiger partial charge in [-0.15, -0.1) is 0 Å². The van der Waals surface area contributed by atoms with Crippen LogP contribution in [-0.2, 0) is 0 Å². The summed E-state index contributed by atoms with van der Waals surface area (Å²) in [7, 11) is 0. The lowest BCUT2D eigenvalue weighted by Crippen LogP contribution is -2.64. The van der Waals surface area contributed by atoms with Gasteiger partial charge >= 0.3 is 0 Å². The van der Waals surface area contributed by atoms with Gasteiger partial charge in [-0.25, -0.2) is 0 Å². The molecule has 4 fully saturated rings. The summed E-state index contributed by atoms with van der Waals surface area (Å²) in [5.41, 5.74) is -1.02. The van der Waals surface area contributed by atoms with Crippen LogP contribution >= 0.6 is 0 Å². The summed E-state index contributed by atoms with van der Waals surface area (Å²) in [5, 5.41) is 42.8. The van der Waals surface area contributed by atoms with Crippen molar-refractivity contribution in [3.8, 4) is 0 Å². The minimum absolute atomic E-state index is 0.109. The third kappa shape index (κ3) is 2.27. The summed E-state index contributed by atoms with van der Waals surface area (Å²) in [4.78, 5) is 0. The minimum Gasteiger partial charge on any atom is -0.396 e. The van der Waals surface area contributed by atoms with Gasteiger partial charge in [0.25, 0.3) is 0 Å². The van der Waals surface area contributed by atoms with E-state index >= 15 is 0 Å². The summed E-state index contributed by atoms with van der Waals surface area (Å²) in [6, 6.07) is 0. The fourth-order valence-electron chi connectivity index (χ4n) is 8.12. The molecule has 9 atom stereocenters. The minimum atomic E-state index is -0.708. The van der Waals surface area contributed by atoms with E-state index in [0.717, 1.165) is 57.8 Å². The fraction of sp³-hybridized carbons (Fsp3) is 1.00. The first kappa shape index (κ1) is 18.2. The van der Waals surface area contributed by atoms with Gasteiger partial charge in [0.05, 0.1) is 17.8 Å². The van der Waals surface area contributed by atoms with Crippen LogP contribution in [0, 0.1) is 34.5 Å². The van der Waals surface area contributed by atoms with Crippen molar-refractivity contribution in [2.24, 2.45) is 34.5 Å². The predicted molar refractivity (Wildman–Crippen MR) is 95.8 cm³/mol. The van der Waals surface area contributed by atoms with Crippen molar-refractivity contribution in [2.45, 2.75) is 89.4 Å². The van der Waals surface area contributed by atoms with Crippen LogP contribution in [0.3, 0.4) is 0 Å². The van der Waals surface area contributed by atoms with E-state index in [9.17, 15) is 20.4 Å². The van der Waals surface area contributed by atoms with Crippen molar-refractivity contribution in [3.05, 3.63) is 0 Å². The molecule has 0 aliphatic heterocycles. The smallest absolute Gasteiger partial charge is 0.0735 e. The third-order valence-corrected chi connectivity index (χ3v) is 9.47. The van der Waals surface area contributed by atoms with Crippen molar-refractivity contribution >= 4 is 0 Å². The van der Waals surface area contributed by atoms with Gasteiger partial charge in [0, 0.05) is 12.0 Å². The highest BCUT2D eigenvalue weighted by Crippen LogP contribution is 2.69. The molecule has 0 unspecified atom stereocenters. The molecular formula is C21H36O4. The van der Waals surface area contributed by atoms with E-state index in [0.29, 0.717) is 11.8 Å². The van der Waals surface area contributed by atoms with Gasteiger partial charge in [-0.2, -0.15) is 0 Å². The van der Waals surface area contributed by atoms with Crippen LogP contribution in [0.25, 0.3) is 0 Å². The van der Waals surface area contributed by atoms with Crippen LogP contribution in [0.4, 0.5) is 0 Å². The Bertz CT molecular complexity index is 522. The lowest BCUT2D eigenvalue weighted by Gasteiger charge is -2.64. The Morgan fingerprint density at radius 1 is 1.00 bits per heavy atom. The third-order valence-electron chi connectivity index (χ3n) is 9.47. The van der Waals surface area contributed by atoms with Crippen LogP contribution < -0.4 is 0 Å². The fourth-order valence-corrected chi connectivity index (χ4v) is 8.12. The van der Waals surface area contributed by atoms with Crippen LogP contribution in [0.5, 0.6) is 0 Å². The van der Waals surface area contributed by atoms with Crippen LogP contribution in [0.15, 0.2) is 0 Å². The highest BCUT2D eigenvalue weighted by Gasteiger charge is 2.68. The van der Waals surface area contributed by atoms with E-state index in [4.69, 9.17) is 0 Å². The maximum atomic E-state index is 11.9. The van der Waals surface area contributed by atoms with Crippen LogP contribution in [0.2, 0.25) is 0 Å². The molecule has 4 rings (SSSR count). The maximum Gasteiger partial charge on any atom is 0.0735 e. The first-order valence-electron chi connectivity index (χ1n) is 10.5. The van der Waals surface area contributed by atoms with Crippen molar-refractivity contribution in [1.29, 1.82) is 0 Å². The number of hydrogen-bond donors (Lipinski definition) is 4. The highest BCUT2D eigenvalue weighted by molar-refractivity contribution is 5.17. The second-order valence-corrected chi connectivity index (χ2v) is 10.1. The summed E-state index contributed by atoms with van der Waals surface area (Å²) in [5.74, 6) is 1.15. The molecule has 0 radical (unpaired) electrons. The van der Waals surface area contributed by atoms with E-state index in [2.05, 4.69) is 6.92 Å². The van der Waals surface area contributed by atoms with Gasteiger partial charge in [-0.3, -0.25) is 0 Å². The monoisotopic (exact) mass is 352 g/mol. The van der Waals surface area contributed by atoms with Gasteiger partial charge in [-0.05, 0) is 93.8 Å². The van der Waals surface area contributed by atoms with Gasteiger partial charge in [0.2, 0.25) is 0 Å². The van der Waals surface area contributed by atoms with E-state index in [1.165, 1.54) is 0 Å². The second-order valence-electron chi connectivity index (χ2n) is 10.1. The van der Waals surface area contributed by atoms with E-state index < -0.39 is 5.60 Å². The summed E-state index contributed by atoms with van der Waals surface area (Å²) in [6.07, 6.45) is 7.59. The zero-order valence-electron chi connectivity index (χ0n) is 15.8. The number of rotatable bonds is 2. The van der Waals surface area contributed by atoms with Crippen molar-refractivity contribution in [2.75, 3.05) is 6.61 Å². The van der Waals surface area contributed by atoms with Gasteiger partial charge in [0.15, 0.2) is 0 Å². The zero-order chi connectivity index (χ0) is 18.0. The molecule has 144 valence electrons. The molecule has 4 aliphatic carbocycles. The van der Waals surface area contributed by atoms with E-state index in [1.54, 1.807) is 0 Å². The average molecular weight is 353 g/mol. The maximum absolute atomic E-state index is 11.9. The Kier molecular flexibility index (Phi) is 4.31. The first-order chi connectivity index (χ1) is 11.8. The Hall–Kier alpha value is -0.160. The van der Waals surface area contributed by atoms with Gasteiger partial charge < -0.3 is 20.4 Å². The SMILES string of the molecule is C[C@H](O)[C@H]1CC[C@]2(O)[C@@H]3CC[C@H]4C[C@@H](O)CC[C@]4(CO)[C@H]3CC[C@]12C. The molecule has 0 bridgehead atoms. The molecule has 4 N–H and O–H groups in total. The second kappa shape index (κ2) is 5.92. The molecule has 0 aromatic rings. The van der Waals surface area contributed by atoms with Crippen LogP contribution in [0.1, 0.15) is 71.6 Å². The molecule has 4 nitrogen and oxygen atoms in total. The standard InChI is InChI=1S/C21H36O4/c1-13(23)16-7-10-21(25)18-4-3-14-11-15(24)5-9-20(14,12-22)17(18)6-8-19(16,21)2/h13-18,22-25H,3-12H2,1-2H3/t13-,14-,15-,16+,17-,18+,19+,20+,21-/m0/s1. The Morgan fingerprint density at radius 3 is 2.44 bits per heavy atom. The Balaban J connectivity index is 1.69. The number of aliphatic hydroxyl groups is 4. The molecule has 0 heterocycles. The van der Waals surface area contributed by atoms with Crippen molar-refractivity contribution in [1.82, 2.24) is 0 Å². The lowest BCUT2D eigenvalue weighted by molar-refractivity contribution is -0.225. The molecule has 0 aromatic heterocycles. The topological polar surface area (TPSA) is 80.9 Å². The summed E-state index contributed by atoms with van der Waals surface area (Å²) in [6.45, 7) is 4.27. The average Bonchev–Trinajstić information content (AvgIpc) is 2.86. The Morgan fingerprint density at radius 2 is 1.76 bits per heavy atom. The summed E-state index contributed by atoms with van der Waals surface area (Å²) < 4.78 is 0. The normalized spacial score (nSPS) is 56.6. The molecule has 4 aliphatic rings. The number of hydrogen-bond acceptors (Lipinski definition) is 4. The van der Waals surface area contributed by atoms with Crippen molar-refractivity contribution in [3.63, 3.8) is 0 Å². The molecule has 0 amide bonds. The molecule has 4 heteroatoms. The zero-order valence-corrected chi connectivity index (χ0v) is 15.8. The molecule has 0 aromatic carbocycles. The number of aliphatic hydroxyl groups excluding tert-OH is 3. The predicted octanol–water partition coefficient (Wildman–Crippen LogP) is 2.47. The number of fused-ring (bicyclic) bond motifs is 5. The summed E-state index contributed by atoms with van der Waals surface area (Å²) >= 11 is 0. The highest BCUT2D eigenvalue weighted by atomic mass is 16.3.